The summed E-state index contributed by atoms with van der Waals surface area (Å²) in [6.45, 7) is 5.34. The third kappa shape index (κ3) is 4.09. The monoisotopic (exact) mass is 863 g/mol. The van der Waals surface area contributed by atoms with E-state index in [2.05, 4.69) is 189 Å². The molecule has 10 nitrogen and oxygen atoms in total. The lowest BCUT2D eigenvalue weighted by atomic mass is 9.54. The van der Waals surface area contributed by atoms with Crippen LogP contribution in [0.1, 0.15) is 76.6 Å². The predicted molar refractivity (Wildman–Crippen MR) is 261 cm³/mol. The smallest absolute Gasteiger partial charge is 0.0933 e. The molecule has 0 saturated carbocycles. The maximum atomic E-state index is 4.41. The van der Waals surface area contributed by atoms with E-state index in [-0.39, 0.29) is 57.9 Å². The van der Waals surface area contributed by atoms with Gasteiger partial charge in [0.1, 0.15) is 0 Å². The maximum absolute atomic E-state index is 4.41. The second-order valence-electron chi connectivity index (χ2n) is 22.0. The van der Waals surface area contributed by atoms with Crippen molar-refractivity contribution in [2.24, 2.45) is 0 Å². The molecular weight excluding hydrogens is 801 g/mol. The van der Waals surface area contributed by atoms with E-state index in [9.17, 15) is 0 Å². The van der Waals surface area contributed by atoms with Gasteiger partial charge >= 0.3 is 0 Å². The minimum atomic E-state index is -0.223. The Morgan fingerprint density at radius 1 is 0.323 bits per heavy atom. The van der Waals surface area contributed by atoms with Crippen molar-refractivity contribution >= 4 is 28.4 Å². The lowest BCUT2D eigenvalue weighted by Gasteiger charge is -2.48. The first-order chi connectivity index (χ1) is 31.7. The maximum Gasteiger partial charge on any atom is 0.0933 e. The number of hydrogen-bond acceptors (Lipinski definition) is 10. The van der Waals surface area contributed by atoms with Crippen LogP contribution in [0.5, 0.6) is 0 Å². The summed E-state index contributed by atoms with van der Waals surface area (Å²) < 4.78 is 0. The normalized spacial score (nSPS) is 38.1. The molecular formula is C55H62N10. The third-order valence-corrected chi connectivity index (χ3v) is 19.9. The van der Waals surface area contributed by atoms with Gasteiger partial charge in [-0.2, -0.15) is 0 Å². The molecule has 0 aromatic heterocycles. The Bertz CT molecular complexity index is 2880. The highest BCUT2D eigenvalue weighted by atomic mass is 15.4. The molecule has 10 atom stereocenters. The van der Waals surface area contributed by atoms with Crippen LogP contribution in [-0.4, -0.2) is 123 Å². The van der Waals surface area contributed by atoms with Crippen molar-refractivity contribution in [1.82, 2.24) is 24.5 Å². The van der Waals surface area contributed by atoms with Crippen LogP contribution in [0.4, 0.5) is 28.4 Å². The Morgan fingerprint density at radius 3 is 1.15 bits per heavy atom. The number of benzene rings is 5. The molecule has 0 bridgehead atoms. The standard InChI is InChI=1S/C55H62N10/c1-61-28-23-51(33-13-6-8-21-41(33)56-46(51)61)35-15-10-16-36-43(35)58-47-52(36,24-29-62(47)2)37-17-11-18-38-44(37)59-48-53(38,25-30-63(48)3)39-19-12-20-40-45(39)60-50-55(40,27-32-65(50)5)54-26-31-64(4)49(54)57-42-22-9-7-14-34(42)54/h6-22,46-50,56-60H,23-32H2,1-5H3/t46-,47-,48-,49-,50-,51-,52-,53-,54+,55+/m1/s1. The predicted octanol–water partition coefficient (Wildman–Crippen LogP) is 7.16. The first kappa shape index (κ1) is 38.1. The average Bonchev–Trinajstić information content (AvgIpc) is 4.21. The molecule has 5 N–H and O–H groups in total. The molecule has 0 spiro atoms. The molecule has 10 heteroatoms. The Labute approximate surface area is 383 Å². The van der Waals surface area contributed by atoms with Crippen molar-refractivity contribution in [3.8, 4) is 0 Å². The quantitative estimate of drug-likeness (QED) is 0.129. The number of para-hydroxylation sites is 5. The number of likely N-dealkylation sites (N-methyl/N-ethyl adjacent to an activating group) is 5. The van der Waals surface area contributed by atoms with Crippen molar-refractivity contribution in [3.63, 3.8) is 0 Å². The fourth-order valence-electron chi connectivity index (χ4n) is 17.3. The Balaban J connectivity index is 0.915. The largest absolute Gasteiger partial charge is 0.369 e. The Morgan fingerprint density at radius 2 is 0.631 bits per heavy atom. The Hall–Kier alpha value is -5.10. The molecule has 0 unspecified atom stereocenters. The number of anilines is 5. The molecule has 0 radical (unpaired) electrons. The highest BCUT2D eigenvalue weighted by molar-refractivity contribution is 5.83. The first-order valence-corrected chi connectivity index (χ1v) is 24.6. The third-order valence-electron chi connectivity index (χ3n) is 19.9. The number of hydrogen-bond donors (Lipinski definition) is 5. The first-order valence-electron chi connectivity index (χ1n) is 24.6. The Kier molecular flexibility index (Phi) is 7.29. The van der Waals surface area contributed by atoms with Gasteiger partial charge in [0.15, 0.2) is 0 Å². The zero-order valence-electron chi connectivity index (χ0n) is 38.5. The van der Waals surface area contributed by atoms with Crippen molar-refractivity contribution in [2.45, 2.75) is 90.0 Å². The average molecular weight is 863 g/mol. The SMILES string of the molecule is CN1CC[C@]2(c3cccc4c3N[C@@H]3N(C)CC[C@]43c3cccc4c3N[C@@H]3N(C)CC[C@]43[C@]34CCN(C)[C@H]3Nc3ccccc34)c3cccc([C@]45CCN(C)[C@H]4Nc4ccccc45)c3N[C@H]12. The molecule has 10 aliphatic rings. The van der Waals surface area contributed by atoms with Crippen LogP contribution in [0.2, 0.25) is 0 Å². The van der Waals surface area contributed by atoms with Crippen LogP contribution in [0.15, 0.2) is 103 Å². The van der Waals surface area contributed by atoms with Crippen molar-refractivity contribution in [1.29, 1.82) is 0 Å². The lowest BCUT2D eigenvalue weighted by Crippen LogP contribution is -2.60. The zero-order chi connectivity index (χ0) is 43.4. The molecule has 0 aliphatic carbocycles. The van der Waals surface area contributed by atoms with E-state index < -0.39 is 0 Å². The molecule has 5 aromatic carbocycles. The fraction of sp³-hybridized carbons (Fsp3) is 0.455. The fourth-order valence-corrected chi connectivity index (χ4v) is 17.3. The van der Waals surface area contributed by atoms with Gasteiger partial charge in [-0.25, -0.2) is 0 Å². The zero-order valence-corrected chi connectivity index (χ0v) is 38.5. The van der Waals surface area contributed by atoms with Gasteiger partial charge < -0.3 is 26.6 Å². The van der Waals surface area contributed by atoms with Gasteiger partial charge in [-0.3, -0.25) is 24.5 Å². The highest BCUT2D eigenvalue weighted by Gasteiger charge is 2.72. The summed E-state index contributed by atoms with van der Waals surface area (Å²) in [7, 11) is 11.7. The molecule has 5 saturated heterocycles. The van der Waals surface area contributed by atoms with Gasteiger partial charge in [-0.1, -0.05) is 91.0 Å². The second-order valence-corrected chi connectivity index (χ2v) is 22.0. The molecule has 10 aliphatic heterocycles. The summed E-state index contributed by atoms with van der Waals surface area (Å²) in [5.41, 5.74) is 17.8. The van der Waals surface area contributed by atoms with Crippen molar-refractivity contribution in [2.75, 3.05) is 94.5 Å². The minimum absolute atomic E-state index is 0.0539. The van der Waals surface area contributed by atoms with E-state index in [1.54, 1.807) is 0 Å². The van der Waals surface area contributed by atoms with Crippen LogP contribution in [0.25, 0.3) is 0 Å². The van der Waals surface area contributed by atoms with Crippen molar-refractivity contribution < 1.29 is 0 Å². The number of fused-ring (bicyclic) bond motifs is 16. The summed E-state index contributed by atoms with van der Waals surface area (Å²) in [6.07, 6.45) is 6.50. The van der Waals surface area contributed by atoms with Gasteiger partial charge in [-0.05, 0) is 124 Å². The molecule has 10 heterocycles. The van der Waals surface area contributed by atoms with Gasteiger partial charge in [0.25, 0.3) is 0 Å². The van der Waals surface area contributed by atoms with Crippen molar-refractivity contribution in [3.05, 3.63) is 148 Å². The van der Waals surface area contributed by atoms with Crippen LogP contribution >= 0.6 is 0 Å². The van der Waals surface area contributed by atoms with Crippen LogP contribution in [0.3, 0.4) is 0 Å². The molecule has 332 valence electrons. The van der Waals surface area contributed by atoms with Crippen LogP contribution < -0.4 is 26.6 Å². The number of likely N-dealkylation sites (tertiary alicyclic amines) is 5. The van der Waals surface area contributed by atoms with E-state index in [4.69, 9.17) is 0 Å². The summed E-state index contributed by atoms with van der Waals surface area (Å²) in [6, 6.07) is 40.6. The summed E-state index contributed by atoms with van der Waals surface area (Å²) in [5.74, 6) is 0. The van der Waals surface area contributed by atoms with E-state index >= 15 is 0 Å². The lowest BCUT2D eigenvalue weighted by molar-refractivity contribution is 0.147. The van der Waals surface area contributed by atoms with E-state index in [1.807, 2.05) is 0 Å². The topological polar surface area (TPSA) is 76.4 Å². The van der Waals surface area contributed by atoms with Crippen LogP contribution in [0, 0.1) is 0 Å². The number of rotatable bonds is 4. The number of nitrogens with zero attached hydrogens (tertiary/aromatic N) is 5. The van der Waals surface area contributed by atoms with Crippen LogP contribution in [-0.2, 0) is 27.1 Å². The number of nitrogens with one attached hydrogen (secondary N) is 5. The van der Waals surface area contributed by atoms with Gasteiger partial charge in [0, 0.05) is 72.0 Å². The van der Waals surface area contributed by atoms with E-state index in [1.165, 1.54) is 72.9 Å². The molecule has 0 amide bonds. The second kappa shape index (κ2) is 12.5. The van der Waals surface area contributed by atoms with E-state index in [0.29, 0.717) is 0 Å². The molecule has 5 aromatic rings. The van der Waals surface area contributed by atoms with Gasteiger partial charge in [0.05, 0.1) is 47.1 Å². The van der Waals surface area contributed by atoms with E-state index in [0.717, 1.165) is 64.8 Å². The molecule has 15 rings (SSSR count). The summed E-state index contributed by atoms with van der Waals surface area (Å²) in [5, 5.41) is 21.2. The summed E-state index contributed by atoms with van der Waals surface area (Å²) in [4.78, 5) is 13.0. The summed E-state index contributed by atoms with van der Waals surface area (Å²) >= 11 is 0. The highest BCUT2D eigenvalue weighted by Crippen LogP contribution is 2.69. The van der Waals surface area contributed by atoms with Gasteiger partial charge in [0.2, 0.25) is 0 Å². The van der Waals surface area contributed by atoms with Gasteiger partial charge in [-0.15, -0.1) is 0 Å². The minimum Gasteiger partial charge on any atom is -0.369 e. The molecule has 65 heavy (non-hydrogen) atoms. The molecule has 5 fully saturated rings.